The van der Waals surface area contributed by atoms with Crippen molar-refractivity contribution in [2.45, 2.75) is 30.9 Å². The van der Waals surface area contributed by atoms with E-state index >= 15 is 0 Å². The van der Waals surface area contributed by atoms with Crippen LogP contribution >= 0.6 is 0 Å². The molecule has 0 radical (unpaired) electrons. The number of nitrogens with two attached hydrogens (primary N) is 2. The number of primary amides is 1. The van der Waals surface area contributed by atoms with Crippen molar-refractivity contribution in [1.82, 2.24) is 24.5 Å². The zero-order valence-electron chi connectivity index (χ0n) is 14.9. The van der Waals surface area contributed by atoms with Gasteiger partial charge in [-0.3, -0.25) is 9.48 Å². The van der Waals surface area contributed by atoms with Gasteiger partial charge in [0.05, 0.1) is 18.5 Å². The van der Waals surface area contributed by atoms with E-state index in [0.29, 0.717) is 24.2 Å². The highest BCUT2D eigenvalue weighted by atomic mass is 16.3. The lowest BCUT2D eigenvalue weighted by Crippen LogP contribution is -2.28. The van der Waals surface area contributed by atoms with E-state index in [1.54, 1.807) is 39.8 Å². The zero-order chi connectivity index (χ0) is 19.1. The van der Waals surface area contributed by atoms with E-state index in [4.69, 9.17) is 16.5 Å². The van der Waals surface area contributed by atoms with Crippen LogP contribution in [0, 0.1) is 0 Å². The lowest BCUT2D eigenvalue weighted by Gasteiger charge is -2.09. The number of aliphatic hydroxyl groups excluding tert-OH is 1. The minimum atomic E-state index is -0.549. The largest absolute Gasteiger partial charge is 0.391 e. The lowest BCUT2D eigenvalue weighted by molar-refractivity contribution is 0.100. The van der Waals surface area contributed by atoms with Crippen molar-refractivity contribution in [2.75, 3.05) is 0 Å². The number of aryl methyl sites for hydroxylation is 1. The summed E-state index contributed by atoms with van der Waals surface area (Å²) in [5.74, 6) is 0.787. The molecule has 0 unspecified atom stereocenters. The van der Waals surface area contributed by atoms with Gasteiger partial charge in [0.2, 0.25) is 5.91 Å². The van der Waals surface area contributed by atoms with Crippen molar-refractivity contribution >= 4 is 5.91 Å². The lowest BCUT2D eigenvalue weighted by atomic mass is 10.1. The molecule has 0 bridgehead atoms. The second-order valence-corrected chi connectivity index (χ2v) is 6.92. The Bertz CT molecular complexity index is 966. The average molecular weight is 367 g/mol. The van der Waals surface area contributed by atoms with Gasteiger partial charge in [-0.1, -0.05) is 12.1 Å². The summed E-state index contributed by atoms with van der Waals surface area (Å²) in [6, 6.07) is 6.56. The number of aromatic nitrogens is 5. The predicted octanol–water partition coefficient (Wildman–Crippen LogP) is 0.332. The molecule has 5 N–H and O–H groups in total. The Hall–Kier alpha value is -3.04. The molecule has 0 spiro atoms. The molecule has 2 heterocycles. The van der Waals surface area contributed by atoms with E-state index in [0.717, 1.165) is 17.1 Å². The van der Waals surface area contributed by atoms with E-state index in [-0.39, 0.29) is 12.0 Å². The summed E-state index contributed by atoms with van der Waals surface area (Å²) in [5, 5.41) is 18.9. The van der Waals surface area contributed by atoms with Gasteiger partial charge in [-0.05, 0) is 25.0 Å². The molecule has 1 saturated carbocycles. The van der Waals surface area contributed by atoms with Crippen LogP contribution in [0.2, 0.25) is 0 Å². The number of hydrogen-bond acceptors (Lipinski definition) is 6. The molecule has 0 aliphatic heterocycles. The molecule has 3 aromatic rings. The molecule has 2 aromatic heterocycles. The Kier molecular flexibility index (Phi) is 4.25. The highest BCUT2D eigenvalue weighted by molar-refractivity contribution is 5.93. The average Bonchev–Trinajstić information content (AvgIpc) is 3.34. The quantitative estimate of drug-likeness (QED) is 0.607. The van der Waals surface area contributed by atoms with Crippen molar-refractivity contribution in [2.24, 2.45) is 18.5 Å². The van der Waals surface area contributed by atoms with Gasteiger partial charge in [0.1, 0.15) is 11.5 Å². The third kappa shape index (κ3) is 3.22. The van der Waals surface area contributed by atoms with Gasteiger partial charge in [-0.25, -0.2) is 9.67 Å². The number of carbonyl (C=O) groups is 1. The van der Waals surface area contributed by atoms with E-state index in [1.165, 1.54) is 0 Å². The van der Waals surface area contributed by atoms with Crippen LogP contribution < -0.4 is 11.5 Å². The molecule has 9 heteroatoms. The Labute approximate surface area is 155 Å². The third-order valence-electron chi connectivity index (χ3n) is 4.94. The Morgan fingerprint density at radius 2 is 2.00 bits per heavy atom. The molecular formula is C18H21N7O2. The van der Waals surface area contributed by atoms with Gasteiger partial charge in [-0.2, -0.15) is 5.10 Å². The van der Waals surface area contributed by atoms with Crippen molar-refractivity contribution < 1.29 is 9.90 Å². The number of benzene rings is 1. The van der Waals surface area contributed by atoms with Gasteiger partial charge in [0.15, 0.2) is 5.82 Å². The number of aliphatic hydroxyl groups is 1. The van der Waals surface area contributed by atoms with Crippen molar-refractivity contribution in [3.8, 4) is 17.1 Å². The van der Waals surface area contributed by atoms with Crippen LogP contribution in [0.15, 0.2) is 36.7 Å². The number of nitrogens with zero attached hydrogens (tertiary/aromatic N) is 5. The fourth-order valence-electron chi connectivity index (χ4n) is 3.46. The molecule has 1 aromatic carbocycles. The normalized spacial score (nSPS) is 22.3. The molecule has 140 valence electrons. The SMILES string of the molecule is Cn1cc(-n2nc(-c3ccc(C(N)=O)cc3)nc2[C@H]2C[C@H](N)[C@@H](O)C2)cn1. The molecule has 1 aliphatic carbocycles. The summed E-state index contributed by atoms with van der Waals surface area (Å²) >= 11 is 0. The van der Waals surface area contributed by atoms with Crippen LogP contribution in [0.5, 0.6) is 0 Å². The highest BCUT2D eigenvalue weighted by Crippen LogP contribution is 2.35. The molecule has 1 aliphatic rings. The standard InChI is InChI=1S/C18H21N7O2/c1-24-9-13(8-21-24)25-18(12-6-14(19)15(26)7-12)22-17(23-25)11-4-2-10(3-5-11)16(20)27/h2-5,8-9,12,14-15,26H,6-7,19H2,1H3,(H2,20,27)/t12-,14-,15-/m0/s1. The minimum Gasteiger partial charge on any atom is -0.391 e. The summed E-state index contributed by atoms with van der Waals surface area (Å²) in [5.41, 5.74) is 13.3. The first kappa shape index (κ1) is 17.4. The first-order valence-corrected chi connectivity index (χ1v) is 8.72. The van der Waals surface area contributed by atoms with E-state index in [1.807, 2.05) is 13.2 Å². The fourth-order valence-corrected chi connectivity index (χ4v) is 3.46. The molecule has 3 atom stereocenters. The van der Waals surface area contributed by atoms with Crippen molar-refractivity contribution in [3.63, 3.8) is 0 Å². The van der Waals surface area contributed by atoms with Crippen LogP contribution in [-0.4, -0.2) is 47.7 Å². The second-order valence-electron chi connectivity index (χ2n) is 6.92. The molecular weight excluding hydrogens is 346 g/mol. The highest BCUT2D eigenvalue weighted by Gasteiger charge is 2.35. The first-order valence-electron chi connectivity index (χ1n) is 8.72. The topological polar surface area (TPSA) is 138 Å². The molecule has 0 saturated heterocycles. The first-order chi connectivity index (χ1) is 12.9. The Balaban J connectivity index is 1.76. The summed E-state index contributed by atoms with van der Waals surface area (Å²) in [4.78, 5) is 16.0. The second kappa shape index (κ2) is 6.60. The molecule has 9 nitrogen and oxygen atoms in total. The van der Waals surface area contributed by atoms with Gasteiger partial charge < -0.3 is 16.6 Å². The predicted molar refractivity (Wildman–Crippen MR) is 98.0 cm³/mol. The molecule has 27 heavy (non-hydrogen) atoms. The minimum absolute atomic E-state index is 0.00125. The van der Waals surface area contributed by atoms with Gasteiger partial charge in [0.25, 0.3) is 0 Å². The number of hydrogen-bond donors (Lipinski definition) is 3. The summed E-state index contributed by atoms with van der Waals surface area (Å²) in [6.45, 7) is 0. The fraction of sp³-hybridized carbons (Fsp3) is 0.333. The maximum Gasteiger partial charge on any atom is 0.248 e. The van der Waals surface area contributed by atoms with Gasteiger partial charge in [0, 0.05) is 30.1 Å². The number of amides is 1. The maximum absolute atomic E-state index is 11.3. The summed E-state index contributed by atoms with van der Waals surface area (Å²) < 4.78 is 3.44. The van der Waals surface area contributed by atoms with E-state index < -0.39 is 12.0 Å². The maximum atomic E-state index is 11.3. The van der Waals surface area contributed by atoms with E-state index in [2.05, 4.69) is 10.2 Å². The number of carbonyl (C=O) groups excluding carboxylic acids is 1. The molecule has 4 rings (SSSR count). The van der Waals surface area contributed by atoms with Crippen LogP contribution in [-0.2, 0) is 7.05 Å². The Morgan fingerprint density at radius 1 is 1.26 bits per heavy atom. The van der Waals surface area contributed by atoms with Crippen molar-refractivity contribution in [1.29, 1.82) is 0 Å². The van der Waals surface area contributed by atoms with Crippen LogP contribution in [0.3, 0.4) is 0 Å². The molecule has 1 fully saturated rings. The molecule has 1 amide bonds. The van der Waals surface area contributed by atoms with E-state index in [9.17, 15) is 9.90 Å². The summed E-state index contributed by atoms with van der Waals surface area (Å²) in [7, 11) is 1.83. The van der Waals surface area contributed by atoms with Gasteiger partial charge >= 0.3 is 0 Å². The zero-order valence-corrected chi connectivity index (χ0v) is 14.9. The number of rotatable bonds is 4. The smallest absolute Gasteiger partial charge is 0.248 e. The Morgan fingerprint density at radius 3 is 2.56 bits per heavy atom. The van der Waals surface area contributed by atoms with Crippen LogP contribution in [0.1, 0.15) is 34.9 Å². The van der Waals surface area contributed by atoms with Gasteiger partial charge in [-0.15, -0.1) is 5.10 Å². The third-order valence-corrected chi connectivity index (χ3v) is 4.94. The van der Waals surface area contributed by atoms with Crippen LogP contribution in [0.25, 0.3) is 17.1 Å². The monoisotopic (exact) mass is 367 g/mol. The summed E-state index contributed by atoms with van der Waals surface area (Å²) in [6.07, 6.45) is 4.19. The van der Waals surface area contributed by atoms with Crippen molar-refractivity contribution in [3.05, 3.63) is 48.0 Å². The van der Waals surface area contributed by atoms with Crippen LogP contribution in [0.4, 0.5) is 0 Å².